The fraction of sp³-hybridized carbons (Fsp3) is 0.533. The zero-order chi connectivity index (χ0) is 13.8. The van der Waals surface area contributed by atoms with Crippen LogP contribution in [0.15, 0.2) is 30.3 Å². The first-order valence-electron chi connectivity index (χ1n) is 6.87. The van der Waals surface area contributed by atoms with Gasteiger partial charge in [-0.3, -0.25) is 9.69 Å². The molecule has 1 aromatic carbocycles. The third kappa shape index (κ3) is 4.20. The fourth-order valence-corrected chi connectivity index (χ4v) is 2.53. The minimum Gasteiger partial charge on any atom is -0.328 e. The molecule has 0 bridgehead atoms. The third-order valence-electron chi connectivity index (χ3n) is 3.93. The van der Waals surface area contributed by atoms with E-state index in [1.807, 2.05) is 44.3 Å². The van der Waals surface area contributed by atoms with Gasteiger partial charge in [0.1, 0.15) is 0 Å². The van der Waals surface area contributed by atoms with Crippen molar-refractivity contribution < 1.29 is 4.79 Å². The average Bonchev–Trinajstić information content (AvgIpc) is 2.87. The van der Waals surface area contributed by atoms with Crippen molar-refractivity contribution in [2.45, 2.75) is 19.4 Å². The predicted molar refractivity (Wildman–Crippen MR) is 85.3 cm³/mol. The topological polar surface area (TPSA) is 49.6 Å². The first-order chi connectivity index (χ1) is 9.08. The largest absolute Gasteiger partial charge is 0.328 e. The number of amides is 1. The van der Waals surface area contributed by atoms with E-state index in [2.05, 4.69) is 4.90 Å². The van der Waals surface area contributed by atoms with Crippen LogP contribution in [0.5, 0.6) is 0 Å². The standard InChI is InChI=1S/C15H23N3O.ClH/c1-12(16)13-8-9-18(10-13)11-15(19)17(2)14-6-4-3-5-7-14;/h3-7,12-13H,8-11,16H2,1-2H3;1H. The highest BCUT2D eigenvalue weighted by atomic mass is 35.5. The summed E-state index contributed by atoms with van der Waals surface area (Å²) in [6, 6.07) is 9.96. The summed E-state index contributed by atoms with van der Waals surface area (Å²) in [6.45, 7) is 4.44. The second-order valence-electron chi connectivity index (χ2n) is 5.43. The molecule has 2 atom stereocenters. The van der Waals surface area contributed by atoms with E-state index in [4.69, 9.17) is 5.73 Å². The van der Waals surface area contributed by atoms with Gasteiger partial charge in [-0.15, -0.1) is 12.4 Å². The number of carbonyl (C=O) groups is 1. The lowest BCUT2D eigenvalue weighted by Crippen LogP contribution is -2.38. The lowest BCUT2D eigenvalue weighted by Gasteiger charge is -2.22. The third-order valence-corrected chi connectivity index (χ3v) is 3.93. The number of anilines is 1. The van der Waals surface area contributed by atoms with Crippen LogP contribution >= 0.6 is 12.4 Å². The summed E-state index contributed by atoms with van der Waals surface area (Å²) in [5.41, 5.74) is 6.86. The normalized spacial score (nSPS) is 20.2. The number of para-hydroxylation sites is 1. The number of nitrogens with zero attached hydrogens (tertiary/aromatic N) is 2. The molecule has 0 radical (unpaired) electrons. The number of halogens is 1. The summed E-state index contributed by atoms with van der Waals surface area (Å²) >= 11 is 0. The van der Waals surface area contributed by atoms with Crippen molar-refractivity contribution in [1.82, 2.24) is 4.90 Å². The molecule has 2 N–H and O–H groups in total. The zero-order valence-electron chi connectivity index (χ0n) is 12.2. The molecule has 0 spiro atoms. The second kappa shape index (κ2) is 7.62. The van der Waals surface area contributed by atoms with Gasteiger partial charge in [-0.05, 0) is 37.9 Å². The van der Waals surface area contributed by atoms with Crippen LogP contribution in [0.4, 0.5) is 5.69 Å². The fourth-order valence-electron chi connectivity index (χ4n) is 2.53. The van der Waals surface area contributed by atoms with Crippen molar-refractivity contribution in [2.24, 2.45) is 11.7 Å². The summed E-state index contributed by atoms with van der Waals surface area (Å²) in [5, 5.41) is 0. The molecule has 1 aliphatic rings. The van der Waals surface area contributed by atoms with E-state index in [9.17, 15) is 4.79 Å². The van der Waals surface area contributed by atoms with E-state index in [1.165, 1.54) is 0 Å². The molecule has 0 aliphatic carbocycles. The van der Waals surface area contributed by atoms with Crippen molar-refractivity contribution in [1.29, 1.82) is 0 Å². The highest BCUT2D eigenvalue weighted by Crippen LogP contribution is 2.19. The smallest absolute Gasteiger partial charge is 0.240 e. The monoisotopic (exact) mass is 297 g/mol. The SMILES string of the molecule is CC(N)C1CCN(CC(=O)N(C)c2ccccc2)C1.Cl. The van der Waals surface area contributed by atoms with Crippen molar-refractivity contribution in [3.05, 3.63) is 30.3 Å². The van der Waals surface area contributed by atoms with Crippen molar-refractivity contribution in [3.8, 4) is 0 Å². The quantitative estimate of drug-likeness (QED) is 0.921. The van der Waals surface area contributed by atoms with Gasteiger partial charge in [0.2, 0.25) is 5.91 Å². The summed E-state index contributed by atoms with van der Waals surface area (Å²) in [5.74, 6) is 0.659. The number of nitrogens with two attached hydrogens (primary N) is 1. The van der Waals surface area contributed by atoms with Gasteiger partial charge in [-0.1, -0.05) is 18.2 Å². The van der Waals surface area contributed by atoms with Crippen LogP contribution < -0.4 is 10.6 Å². The Hall–Kier alpha value is -1.10. The van der Waals surface area contributed by atoms with E-state index in [-0.39, 0.29) is 24.4 Å². The molecular weight excluding hydrogens is 274 g/mol. The maximum atomic E-state index is 12.2. The molecule has 1 fully saturated rings. The van der Waals surface area contributed by atoms with Crippen LogP contribution in [0.2, 0.25) is 0 Å². The molecule has 1 aromatic rings. The van der Waals surface area contributed by atoms with Gasteiger partial charge >= 0.3 is 0 Å². The van der Waals surface area contributed by atoms with Crippen LogP contribution in [0.25, 0.3) is 0 Å². The van der Waals surface area contributed by atoms with Gasteiger partial charge < -0.3 is 10.6 Å². The minimum absolute atomic E-state index is 0. The van der Waals surface area contributed by atoms with E-state index < -0.39 is 0 Å². The summed E-state index contributed by atoms with van der Waals surface area (Å²) < 4.78 is 0. The molecule has 2 rings (SSSR count). The Labute approximate surface area is 127 Å². The Morgan fingerprint density at radius 1 is 1.45 bits per heavy atom. The average molecular weight is 298 g/mol. The highest BCUT2D eigenvalue weighted by Gasteiger charge is 2.27. The first kappa shape index (κ1) is 17.0. The molecule has 1 aliphatic heterocycles. The Kier molecular flexibility index (Phi) is 6.46. The van der Waals surface area contributed by atoms with E-state index in [0.717, 1.165) is 25.2 Å². The van der Waals surface area contributed by atoms with Gasteiger partial charge in [0, 0.05) is 25.3 Å². The van der Waals surface area contributed by atoms with E-state index >= 15 is 0 Å². The lowest BCUT2D eigenvalue weighted by molar-refractivity contribution is -0.119. The molecule has 5 heteroatoms. The van der Waals surface area contributed by atoms with E-state index in [0.29, 0.717) is 12.5 Å². The number of hydrogen-bond acceptors (Lipinski definition) is 3. The molecule has 0 saturated carbocycles. The van der Waals surface area contributed by atoms with E-state index in [1.54, 1.807) is 4.90 Å². The van der Waals surface area contributed by atoms with Gasteiger partial charge in [0.05, 0.1) is 6.54 Å². The molecule has 1 saturated heterocycles. The maximum absolute atomic E-state index is 12.2. The van der Waals surface area contributed by atoms with Crippen LogP contribution in [0, 0.1) is 5.92 Å². The summed E-state index contributed by atoms with van der Waals surface area (Å²) in [6.07, 6.45) is 1.10. The van der Waals surface area contributed by atoms with Crippen LogP contribution in [0.3, 0.4) is 0 Å². The Morgan fingerprint density at radius 3 is 2.65 bits per heavy atom. The minimum atomic E-state index is 0. The van der Waals surface area contributed by atoms with Gasteiger partial charge in [0.15, 0.2) is 0 Å². The second-order valence-corrected chi connectivity index (χ2v) is 5.43. The molecule has 1 amide bonds. The Bertz CT molecular complexity index is 424. The van der Waals surface area contributed by atoms with Gasteiger partial charge in [-0.25, -0.2) is 0 Å². The molecule has 20 heavy (non-hydrogen) atoms. The number of carbonyl (C=O) groups excluding carboxylic acids is 1. The van der Waals surface area contributed by atoms with Crippen molar-refractivity contribution in [3.63, 3.8) is 0 Å². The summed E-state index contributed by atoms with van der Waals surface area (Å²) in [7, 11) is 1.83. The van der Waals surface area contributed by atoms with Crippen molar-refractivity contribution >= 4 is 24.0 Å². The van der Waals surface area contributed by atoms with Crippen LogP contribution in [0.1, 0.15) is 13.3 Å². The van der Waals surface area contributed by atoms with Gasteiger partial charge in [0.25, 0.3) is 0 Å². The number of rotatable bonds is 4. The van der Waals surface area contributed by atoms with Crippen LogP contribution in [-0.2, 0) is 4.79 Å². The predicted octanol–water partition coefficient (Wildman–Crippen LogP) is 1.74. The Morgan fingerprint density at radius 2 is 2.10 bits per heavy atom. The Balaban J connectivity index is 0.00000200. The summed E-state index contributed by atoms with van der Waals surface area (Å²) in [4.78, 5) is 16.2. The number of hydrogen-bond donors (Lipinski definition) is 1. The van der Waals surface area contributed by atoms with Crippen LogP contribution in [-0.4, -0.2) is 43.5 Å². The number of likely N-dealkylation sites (N-methyl/N-ethyl adjacent to an activating group) is 1. The molecule has 2 unspecified atom stereocenters. The highest BCUT2D eigenvalue weighted by molar-refractivity contribution is 5.94. The van der Waals surface area contributed by atoms with Crippen molar-refractivity contribution in [2.75, 3.05) is 31.6 Å². The molecule has 1 heterocycles. The van der Waals surface area contributed by atoms with Gasteiger partial charge in [-0.2, -0.15) is 0 Å². The first-order valence-corrected chi connectivity index (χ1v) is 6.87. The maximum Gasteiger partial charge on any atom is 0.240 e. The number of likely N-dealkylation sites (tertiary alicyclic amines) is 1. The molecule has 0 aromatic heterocycles. The zero-order valence-corrected chi connectivity index (χ0v) is 13.0. The molecule has 4 nitrogen and oxygen atoms in total. The lowest BCUT2D eigenvalue weighted by atomic mass is 10.0. The molecule has 112 valence electrons. The molecular formula is C15H24ClN3O. The number of benzene rings is 1.